The van der Waals surface area contributed by atoms with Crippen LogP contribution in [0.5, 0.6) is 0 Å². The van der Waals surface area contributed by atoms with Gasteiger partial charge < -0.3 is 15.2 Å². The smallest absolute Gasteiger partial charge is 0.320 e. The summed E-state index contributed by atoms with van der Waals surface area (Å²) >= 11 is 0. The first-order valence-corrected chi connectivity index (χ1v) is 3.70. The minimum absolute atomic E-state index is 0.145. The number of nitrogen functional groups attached to an aromatic ring is 1. The topological polar surface area (TPSA) is 68.2 Å². The molecule has 2 heterocycles. The fraction of sp³-hybridized carbons (Fsp3) is 0.667. The van der Waals surface area contributed by atoms with Crippen LogP contribution in [0.1, 0.15) is 12.8 Å². The molecule has 0 radical (unpaired) electrons. The fourth-order valence-electron chi connectivity index (χ4n) is 1.27. The van der Waals surface area contributed by atoms with Gasteiger partial charge in [0, 0.05) is 13.1 Å². The molecular weight excluding hydrogens is 144 g/mol. The number of rotatable bonds is 1. The van der Waals surface area contributed by atoms with Crippen molar-refractivity contribution in [2.24, 2.45) is 0 Å². The zero-order valence-corrected chi connectivity index (χ0v) is 6.16. The van der Waals surface area contributed by atoms with Gasteiger partial charge in [-0.25, -0.2) is 0 Å². The van der Waals surface area contributed by atoms with E-state index in [0.717, 1.165) is 13.1 Å². The van der Waals surface area contributed by atoms with E-state index in [0.29, 0.717) is 5.95 Å². The van der Waals surface area contributed by atoms with Crippen molar-refractivity contribution in [3.63, 3.8) is 0 Å². The van der Waals surface area contributed by atoms with Crippen LogP contribution in [0.4, 0.5) is 12.0 Å². The van der Waals surface area contributed by atoms with E-state index in [1.165, 1.54) is 12.8 Å². The summed E-state index contributed by atoms with van der Waals surface area (Å²) in [5.41, 5.74) is 5.28. The van der Waals surface area contributed by atoms with Gasteiger partial charge in [0.1, 0.15) is 0 Å². The fourth-order valence-corrected chi connectivity index (χ4v) is 1.27. The minimum Gasteiger partial charge on any atom is -0.351 e. The predicted molar refractivity (Wildman–Crippen MR) is 40.2 cm³/mol. The second-order valence-corrected chi connectivity index (χ2v) is 2.63. The zero-order chi connectivity index (χ0) is 7.68. The summed E-state index contributed by atoms with van der Waals surface area (Å²) in [6.45, 7) is 2.03. The lowest BCUT2D eigenvalue weighted by molar-refractivity contribution is 0.434. The first-order valence-electron chi connectivity index (χ1n) is 3.70. The molecule has 1 fully saturated rings. The van der Waals surface area contributed by atoms with Crippen molar-refractivity contribution in [1.82, 2.24) is 10.1 Å². The van der Waals surface area contributed by atoms with Crippen LogP contribution in [-0.2, 0) is 0 Å². The summed E-state index contributed by atoms with van der Waals surface area (Å²) in [5, 5.41) is 3.71. The van der Waals surface area contributed by atoms with Crippen molar-refractivity contribution in [2.45, 2.75) is 12.8 Å². The van der Waals surface area contributed by atoms with Gasteiger partial charge in [0.15, 0.2) is 0 Å². The predicted octanol–water partition coefficient (Wildman–Crippen LogP) is 0.252. The second-order valence-electron chi connectivity index (χ2n) is 2.63. The molecule has 11 heavy (non-hydrogen) atoms. The van der Waals surface area contributed by atoms with Crippen molar-refractivity contribution >= 4 is 12.0 Å². The minimum atomic E-state index is 0.145. The van der Waals surface area contributed by atoms with Crippen LogP contribution in [0.25, 0.3) is 0 Å². The SMILES string of the molecule is Nc1nc(N2CCCC2)no1. The largest absolute Gasteiger partial charge is 0.351 e. The van der Waals surface area contributed by atoms with Crippen molar-refractivity contribution in [3.8, 4) is 0 Å². The van der Waals surface area contributed by atoms with Crippen LogP contribution in [0.3, 0.4) is 0 Å². The molecule has 0 bridgehead atoms. The third kappa shape index (κ3) is 1.13. The molecule has 1 aromatic rings. The highest BCUT2D eigenvalue weighted by Crippen LogP contribution is 2.16. The number of anilines is 2. The lowest BCUT2D eigenvalue weighted by atomic mass is 10.4. The van der Waals surface area contributed by atoms with E-state index in [1.54, 1.807) is 0 Å². The van der Waals surface area contributed by atoms with Gasteiger partial charge >= 0.3 is 6.01 Å². The Bertz CT molecular complexity index is 240. The Labute approximate surface area is 64.2 Å². The Morgan fingerprint density at radius 3 is 2.64 bits per heavy atom. The molecule has 0 saturated carbocycles. The second kappa shape index (κ2) is 2.41. The molecule has 1 aliphatic rings. The van der Waals surface area contributed by atoms with Gasteiger partial charge in [-0.1, -0.05) is 0 Å². The maximum atomic E-state index is 5.28. The molecule has 0 unspecified atom stereocenters. The molecule has 1 saturated heterocycles. The number of nitrogens with zero attached hydrogens (tertiary/aromatic N) is 3. The third-order valence-corrected chi connectivity index (χ3v) is 1.82. The lowest BCUT2D eigenvalue weighted by Crippen LogP contribution is -2.18. The van der Waals surface area contributed by atoms with E-state index in [2.05, 4.69) is 19.6 Å². The first kappa shape index (κ1) is 6.45. The van der Waals surface area contributed by atoms with E-state index in [1.807, 2.05) is 0 Å². The maximum absolute atomic E-state index is 5.28. The van der Waals surface area contributed by atoms with Crippen LogP contribution in [0.2, 0.25) is 0 Å². The Balaban J connectivity index is 2.15. The Hall–Kier alpha value is -1.26. The molecule has 1 aliphatic heterocycles. The standard InChI is InChI=1S/C6H10N4O/c7-5-8-6(9-11-5)10-3-1-2-4-10/h1-4H2,(H2,7,8,9). The molecule has 0 aromatic carbocycles. The van der Waals surface area contributed by atoms with Crippen LogP contribution in [0.15, 0.2) is 4.52 Å². The monoisotopic (exact) mass is 154 g/mol. The molecule has 0 spiro atoms. The van der Waals surface area contributed by atoms with Crippen molar-refractivity contribution in [3.05, 3.63) is 0 Å². The highest BCUT2D eigenvalue weighted by Gasteiger charge is 2.16. The number of hydrogen-bond donors (Lipinski definition) is 1. The molecule has 5 nitrogen and oxygen atoms in total. The molecule has 60 valence electrons. The summed E-state index contributed by atoms with van der Waals surface area (Å²) in [6, 6.07) is 0.145. The Morgan fingerprint density at radius 2 is 2.09 bits per heavy atom. The Kier molecular flexibility index (Phi) is 1.41. The first-order chi connectivity index (χ1) is 5.36. The summed E-state index contributed by atoms with van der Waals surface area (Å²) in [6.07, 6.45) is 2.41. The average molecular weight is 154 g/mol. The number of aromatic nitrogens is 2. The van der Waals surface area contributed by atoms with Crippen molar-refractivity contribution in [1.29, 1.82) is 0 Å². The van der Waals surface area contributed by atoms with Crippen LogP contribution in [-0.4, -0.2) is 23.2 Å². The average Bonchev–Trinajstić information content (AvgIpc) is 2.55. The van der Waals surface area contributed by atoms with Crippen molar-refractivity contribution < 1.29 is 4.52 Å². The molecular formula is C6H10N4O. The zero-order valence-electron chi connectivity index (χ0n) is 6.16. The van der Waals surface area contributed by atoms with Crippen LogP contribution >= 0.6 is 0 Å². The summed E-state index contributed by atoms with van der Waals surface area (Å²) < 4.78 is 4.65. The Morgan fingerprint density at radius 1 is 1.36 bits per heavy atom. The van der Waals surface area contributed by atoms with Crippen LogP contribution in [0, 0.1) is 0 Å². The molecule has 1 aromatic heterocycles. The van der Waals surface area contributed by atoms with Gasteiger partial charge in [0.05, 0.1) is 0 Å². The third-order valence-electron chi connectivity index (χ3n) is 1.82. The van der Waals surface area contributed by atoms with Gasteiger partial charge in [0.25, 0.3) is 5.95 Å². The summed E-state index contributed by atoms with van der Waals surface area (Å²) in [5.74, 6) is 0.625. The van der Waals surface area contributed by atoms with Gasteiger partial charge in [-0.2, -0.15) is 4.98 Å². The summed E-state index contributed by atoms with van der Waals surface area (Å²) in [4.78, 5) is 5.99. The van der Waals surface area contributed by atoms with E-state index < -0.39 is 0 Å². The maximum Gasteiger partial charge on any atom is 0.320 e. The molecule has 0 amide bonds. The quantitative estimate of drug-likeness (QED) is 0.628. The van der Waals surface area contributed by atoms with Gasteiger partial charge in [0.2, 0.25) is 0 Å². The number of hydrogen-bond acceptors (Lipinski definition) is 5. The molecule has 0 aliphatic carbocycles. The van der Waals surface area contributed by atoms with Gasteiger partial charge in [-0.05, 0) is 18.0 Å². The van der Waals surface area contributed by atoms with Crippen LogP contribution < -0.4 is 10.6 Å². The molecule has 5 heteroatoms. The van der Waals surface area contributed by atoms with Gasteiger partial charge in [-0.3, -0.25) is 0 Å². The van der Waals surface area contributed by atoms with Gasteiger partial charge in [-0.15, -0.1) is 0 Å². The van der Waals surface area contributed by atoms with Crippen molar-refractivity contribution in [2.75, 3.05) is 23.7 Å². The van der Waals surface area contributed by atoms with E-state index in [-0.39, 0.29) is 6.01 Å². The molecule has 2 rings (SSSR count). The summed E-state index contributed by atoms with van der Waals surface area (Å²) in [7, 11) is 0. The van der Waals surface area contributed by atoms with E-state index in [9.17, 15) is 0 Å². The van der Waals surface area contributed by atoms with E-state index >= 15 is 0 Å². The molecule has 2 N–H and O–H groups in total. The highest BCUT2D eigenvalue weighted by molar-refractivity contribution is 5.32. The highest BCUT2D eigenvalue weighted by atomic mass is 16.5. The van der Waals surface area contributed by atoms with E-state index in [4.69, 9.17) is 5.73 Å². The molecule has 0 atom stereocenters. The lowest BCUT2D eigenvalue weighted by Gasteiger charge is -2.09. The normalized spacial score (nSPS) is 17.6. The number of nitrogens with two attached hydrogens (primary N) is 1.